The summed E-state index contributed by atoms with van der Waals surface area (Å²) < 4.78 is 27.2. The molecule has 1 unspecified atom stereocenters. The van der Waals surface area contributed by atoms with Crippen molar-refractivity contribution in [3.05, 3.63) is 70.8 Å². The molecule has 5 rings (SSSR count). The summed E-state index contributed by atoms with van der Waals surface area (Å²) in [5.74, 6) is -1.05. The molecule has 0 saturated carbocycles. The van der Waals surface area contributed by atoms with Gasteiger partial charge in [-0.1, -0.05) is 24.3 Å². The molecule has 1 atom stereocenters. The molecule has 48 heavy (non-hydrogen) atoms. The summed E-state index contributed by atoms with van der Waals surface area (Å²) in [6.45, 7) is -0.0940. The van der Waals surface area contributed by atoms with Crippen LogP contribution in [-0.4, -0.2) is 80.4 Å². The summed E-state index contributed by atoms with van der Waals surface area (Å²) in [6, 6.07) is 12.1. The van der Waals surface area contributed by atoms with E-state index in [1.54, 1.807) is 36.4 Å². The van der Waals surface area contributed by atoms with Crippen LogP contribution in [-0.2, 0) is 14.4 Å². The average Bonchev–Trinajstić information content (AvgIpc) is 3.34. The molecular formula is C35H35N3O10. The van der Waals surface area contributed by atoms with Crippen molar-refractivity contribution in [1.82, 2.24) is 9.80 Å². The monoisotopic (exact) mass is 657 g/mol. The lowest BCUT2D eigenvalue weighted by molar-refractivity contribution is -0.152. The van der Waals surface area contributed by atoms with Crippen molar-refractivity contribution in [1.29, 1.82) is 0 Å². The van der Waals surface area contributed by atoms with Gasteiger partial charge in [0.05, 0.1) is 39.6 Å². The van der Waals surface area contributed by atoms with Gasteiger partial charge in [-0.25, -0.2) is 0 Å². The van der Waals surface area contributed by atoms with Crippen LogP contribution in [0.3, 0.4) is 0 Å². The molecule has 3 aromatic rings. The van der Waals surface area contributed by atoms with E-state index in [1.165, 1.54) is 40.6 Å². The number of carbonyl (C=O) groups is 5. The first-order valence-corrected chi connectivity index (χ1v) is 15.1. The zero-order valence-electron chi connectivity index (χ0n) is 26.9. The maximum atomic E-state index is 13.4. The number of hydrogen-bond donors (Lipinski definition) is 1. The van der Waals surface area contributed by atoms with Gasteiger partial charge in [-0.2, -0.15) is 0 Å². The van der Waals surface area contributed by atoms with E-state index in [2.05, 4.69) is 0 Å². The van der Waals surface area contributed by atoms with Crippen molar-refractivity contribution in [3.8, 4) is 28.7 Å². The van der Waals surface area contributed by atoms with Gasteiger partial charge in [0.15, 0.2) is 23.0 Å². The molecule has 1 fully saturated rings. The first kappa shape index (κ1) is 33.5. The summed E-state index contributed by atoms with van der Waals surface area (Å²) in [4.78, 5) is 66.9. The van der Waals surface area contributed by atoms with Gasteiger partial charge in [0, 0.05) is 25.1 Å². The van der Waals surface area contributed by atoms with Crippen molar-refractivity contribution in [2.24, 2.45) is 0 Å². The second-order valence-electron chi connectivity index (χ2n) is 11.0. The Hall–Kier alpha value is -5.85. The van der Waals surface area contributed by atoms with E-state index in [4.69, 9.17) is 29.4 Å². The van der Waals surface area contributed by atoms with Crippen LogP contribution < -0.4 is 29.4 Å². The zero-order valence-corrected chi connectivity index (χ0v) is 26.9. The van der Waals surface area contributed by atoms with Crippen molar-refractivity contribution in [3.63, 3.8) is 0 Å². The molecule has 4 amide bonds. The standard InChI is InChI=1S/C35H35N3O10/c1-44-25-14-12-20(10-11-21-18-27(45-2)32(47-4)28(19-21)46-3)17-26(25)48-30(40)9-6-16-37-29(39)15-13-24(34(37)42)38-33(41)22-7-5-8-23(36)31(22)35(38)43/h5,7-8,10-12,14,17-19,24H,6,9,13,15-16,36H2,1-4H3/b11-10+. The van der Waals surface area contributed by atoms with E-state index in [1.807, 2.05) is 12.2 Å². The number of nitrogens with zero attached hydrogens (tertiary/aromatic N) is 2. The average molecular weight is 658 g/mol. The Kier molecular flexibility index (Phi) is 9.97. The van der Waals surface area contributed by atoms with Crippen LogP contribution in [0.4, 0.5) is 5.69 Å². The lowest BCUT2D eigenvalue weighted by Gasteiger charge is -2.34. The highest BCUT2D eigenvalue weighted by Gasteiger charge is 2.47. The number of rotatable bonds is 12. The number of ether oxygens (including phenoxy) is 5. The van der Waals surface area contributed by atoms with Crippen LogP contribution in [0, 0.1) is 0 Å². The smallest absolute Gasteiger partial charge is 0.311 e. The quantitative estimate of drug-likeness (QED) is 0.0985. The minimum Gasteiger partial charge on any atom is -0.493 e. The molecule has 0 aliphatic carbocycles. The predicted molar refractivity (Wildman–Crippen MR) is 174 cm³/mol. The number of imide groups is 2. The molecule has 2 aliphatic heterocycles. The number of piperidine rings is 1. The number of hydrogen-bond acceptors (Lipinski definition) is 11. The lowest BCUT2D eigenvalue weighted by Crippen LogP contribution is -2.56. The molecule has 2 heterocycles. The topological polar surface area (TPSA) is 164 Å². The number of esters is 1. The Balaban J connectivity index is 1.22. The van der Waals surface area contributed by atoms with Gasteiger partial charge < -0.3 is 29.4 Å². The molecule has 13 heteroatoms. The second kappa shape index (κ2) is 14.3. The number of fused-ring (bicyclic) bond motifs is 1. The van der Waals surface area contributed by atoms with E-state index >= 15 is 0 Å². The summed E-state index contributed by atoms with van der Waals surface area (Å²) >= 11 is 0. The van der Waals surface area contributed by atoms with Crippen LogP contribution in [0.2, 0.25) is 0 Å². The third-order valence-corrected chi connectivity index (χ3v) is 8.10. The fourth-order valence-corrected chi connectivity index (χ4v) is 5.73. The molecule has 2 aliphatic rings. The number of carbonyl (C=O) groups excluding carboxylic acids is 5. The fourth-order valence-electron chi connectivity index (χ4n) is 5.73. The number of amides is 4. The summed E-state index contributed by atoms with van der Waals surface area (Å²) in [6.07, 6.45) is 3.57. The van der Waals surface area contributed by atoms with Gasteiger partial charge in [0.25, 0.3) is 17.7 Å². The van der Waals surface area contributed by atoms with Gasteiger partial charge in [-0.05, 0) is 60.4 Å². The second-order valence-corrected chi connectivity index (χ2v) is 11.0. The van der Waals surface area contributed by atoms with E-state index in [0.29, 0.717) is 28.6 Å². The lowest BCUT2D eigenvalue weighted by atomic mass is 10.0. The van der Waals surface area contributed by atoms with Crippen molar-refractivity contribution in [2.75, 3.05) is 40.7 Å². The summed E-state index contributed by atoms with van der Waals surface area (Å²) in [5.41, 5.74) is 7.72. The van der Waals surface area contributed by atoms with Gasteiger partial charge >= 0.3 is 5.97 Å². The number of anilines is 1. The molecule has 1 saturated heterocycles. The molecule has 250 valence electrons. The largest absolute Gasteiger partial charge is 0.493 e. The van der Waals surface area contributed by atoms with Crippen LogP contribution in [0.5, 0.6) is 28.7 Å². The molecular weight excluding hydrogens is 622 g/mol. The Morgan fingerprint density at radius 2 is 1.50 bits per heavy atom. The van der Waals surface area contributed by atoms with Gasteiger partial charge in [-0.15, -0.1) is 0 Å². The molecule has 0 spiro atoms. The molecule has 3 aromatic carbocycles. The molecule has 0 aromatic heterocycles. The van der Waals surface area contributed by atoms with Crippen molar-refractivity contribution < 1.29 is 47.7 Å². The van der Waals surface area contributed by atoms with Crippen molar-refractivity contribution >= 4 is 47.4 Å². The number of likely N-dealkylation sites (tertiary alicyclic amines) is 1. The van der Waals surface area contributed by atoms with Crippen LogP contribution in [0.25, 0.3) is 12.2 Å². The Morgan fingerprint density at radius 1 is 0.833 bits per heavy atom. The highest BCUT2D eigenvalue weighted by molar-refractivity contribution is 6.25. The zero-order chi connectivity index (χ0) is 34.5. The van der Waals surface area contributed by atoms with Gasteiger partial charge in [0.1, 0.15) is 6.04 Å². The van der Waals surface area contributed by atoms with Crippen LogP contribution in [0.15, 0.2) is 48.5 Å². The normalized spacial score (nSPS) is 16.0. The van der Waals surface area contributed by atoms with Crippen LogP contribution in [0.1, 0.15) is 57.5 Å². The van der Waals surface area contributed by atoms with E-state index < -0.39 is 35.6 Å². The van der Waals surface area contributed by atoms with Crippen LogP contribution >= 0.6 is 0 Å². The van der Waals surface area contributed by atoms with E-state index in [-0.39, 0.29) is 54.8 Å². The SMILES string of the molecule is COc1ccc(/C=C/c2cc(OC)c(OC)c(OC)c2)cc1OC(=O)CCCN1C(=O)CCC(N2C(=O)c3cccc(N)c3C2=O)C1=O. The molecule has 2 N–H and O–H groups in total. The number of nitrogen functional groups attached to an aromatic ring is 1. The number of benzene rings is 3. The summed E-state index contributed by atoms with van der Waals surface area (Å²) in [5, 5.41) is 0. The molecule has 13 nitrogen and oxygen atoms in total. The highest BCUT2D eigenvalue weighted by Crippen LogP contribution is 2.39. The van der Waals surface area contributed by atoms with E-state index in [0.717, 1.165) is 15.4 Å². The van der Waals surface area contributed by atoms with Gasteiger partial charge in [0.2, 0.25) is 11.7 Å². The third kappa shape index (κ3) is 6.52. The first-order chi connectivity index (χ1) is 23.1. The minimum absolute atomic E-state index is 0.00567. The first-order valence-electron chi connectivity index (χ1n) is 15.1. The molecule has 0 bridgehead atoms. The maximum Gasteiger partial charge on any atom is 0.311 e. The Morgan fingerprint density at radius 3 is 2.15 bits per heavy atom. The Bertz CT molecular complexity index is 1790. The Labute approximate surface area is 276 Å². The number of nitrogens with two attached hydrogens (primary N) is 1. The molecule has 0 radical (unpaired) electrons. The predicted octanol–water partition coefficient (Wildman–Crippen LogP) is 3.97. The third-order valence-electron chi connectivity index (χ3n) is 8.10. The number of methoxy groups -OCH3 is 4. The van der Waals surface area contributed by atoms with Crippen molar-refractivity contribution in [2.45, 2.75) is 31.7 Å². The fraction of sp³-hybridized carbons (Fsp3) is 0.286. The minimum atomic E-state index is -1.15. The van der Waals surface area contributed by atoms with E-state index in [9.17, 15) is 24.0 Å². The van der Waals surface area contributed by atoms with Gasteiger partial charge in [-0.3, -0.25) is 33.8 Å². The highest BCUT2D eigenvalue weighted by atomic mass is 16.6. The summed E-state index contributed by atoms with van der Waals surface area (Å²) in [7, 11) is 6.03. The maximum absolute atomic E-state index is 13.4.